The number of rotatable bonds is 2. The Morgan fingerprint density at radius 3 is 2.29 bits per heavy atom. The van der Waals surface area contributed by atoms with Crippen LogP contribution in [0.25, 0.3) is 0 Å². The van der Waals surface area contributed by atoms with Gasteiger partial charge in [0.05, 0.1) is 6.04 Å². The van der Waals surface area contributed by atoms with Gasteiger partial charge in [-0.2, -0.15) is 0 Å². The molecule has 2 rings (SSSR count). The Hall–Kier alpha value is -1.31. The lowest BCUT2D eigenvalue weighted by Gasteiger charge is -2.16. The molecule has 0 saturated carbocycles. The second kappa shape index (κ2) is 4.91. The molecule has 0 radical (unpaired) electrons. The molecule has 17 heavy (non-hydrogen) atoms. The van der Waals surface area contributed by atoms with Crippen LogP contribution in [0.5, 0.6) is 0 Å². The highest BCUT2D eigenvalue weighted by molar-refractivity contribution is 6.30. The Morgan fingerprint density at radius 2 is 1.65 bits per heavy atom. The predicted octanol–water partition coefficient (Wildman–Crippen LogP) is 4.00. The van der Waals surface area contributed by atoms with Gasteiger partial charge in [0.15, 0.2) is 0 Å². The van der Waals surface area contributed by atoms with Crippen LogP contribution in [0.1, 0.15) is 28.3 Å². The lowest BCUT2D eigenvalue weighted by molar-refractivity contribution is 0.860. The normalized spacial score (nSPS) is 12.5. The van der Waals surface area contributed by atoms with Gasteiger partial charge in [-0.25, -0.2) is 0 Å². The Labute approximate surface area is 107 Å². The fourth-order valence-corrected chi connectivity index (χ4v) is 2.07. The fraction of sp³-hybridized carbons (Fsp3) is 0.200. The third kappa shape index (κ3) is 2.68. The van der Waals surface area contributed by atoms with E-state index in [2.05, 4.69) is 32.0 Å². The van der Waals surface area contributed by atoms with E-state index >= 15 is 0 Å². The largest absolute Gasteiger partial charge is 0.320 e. The maximum absolute atomic E-state index is 6.29. The molecule has 88 valence electrons. The predicted molar refractivity (Wildman–Crippen MR) is 73.4 cm³/mol. The van der Waals surface area contributed by atoms with Gasteiger partial charge in [-0.1, -0.05) is 47.5 Å². The van der Waals surface area contributed by atoms with Crippen molar-refractivity contribution in [3.05, 3.63) is 69.7 Å². The standard InChI is InChI=1S/C15H16ClN/c1-10-3-4-11(2)14(9-10)15(17)12-5-7-13(16)8-6-12/h3-9,15H,17H2,1-2H3. The topological polar surface area (TPSA) is 26.0 Å². The van der Waals surface area contributed by atoms with Crippen LogP contribution in [0.2, 0.25) is 5.02 Å². The van der Waals surface area contributed by atoms with Gasteiger partial charge in [0, 0.05) is 5.02 Å². The van der Waals surface area contributed by atoms with Gasteiger partial charge in [0.25, 0.3) is 0 Å². The molecule has 0 saturated heterocycles. The lowest BCUT2D eigenvalue weighted by atomic mass is 9.94. The molecule has 0 bridgehead atoms. The maximum Gasteiger partial charge on any atom is 0.0554 e. The van der Waals surface area contributed by atoms with Gasteiger partial charge in [-0.15, -0.1) is 0 Å². The van der Waals surface area contributed by atoms with Crippen LogP contribution in [0, 0.1) is 13.8 Å². The molecule has 1 unspecified atom stereocenters. The van der Waals surface area contributed by atoms with Crippen LogP contribution in [0.3, 0.4) is 0 Å². The second-order valence-electron chi connectivity index (χ2n) is 4.39. The van der Waals surface area contributed by atoms with Crippen molar-refractivity contribution in [3.8, 4) is 0 Å². The van der Waals surface area contributed by atoms with E-state index in [4.69, 9.17) is 17.3 Å². The first-order chi connectivity index (χ1) is 8.08. The van der Waals surface area contributed by atoms with Gasteiger partial charge in [-0.3, -0.25) is 0 Å². The van der Waals surface area contributed by atoms with E-state index in [1.165, 1.54) is 16.7 Å². The number of hydrogen-bond acceptors (Lipinski definition) is 1. The first-order valence-electron chi connectivity index (χ1n) is 5.66. The molecule has 0 spiro atoms. The summed E-state index contributed by atoms with van der Waals surface area (Å²) in [6.45, 7) is 4.17. The number of nitrogens with two attached hydrogens (primary N) is 1. The molecule has 0 aromatic heterocycles. The van der Waals surface area contributed by atoms with Crippen LogP contribution < -0.4 is 5.73 Å². The molecule has 2 aromatic carbocycles. The van der Waals surface area contributed by atoms with Crippen molar-refractivity contribution in [1.82, 2.24) is 0 Å². The third-order valence-electron chi connectivity index (χ3n) is 3.00. The van der Waals surface area contributed by atoms with E-state index in [1.807, 2.05) is 24.3 Å². The Bertz CT molecular complexity index is 517. The first kappa shape index (κ1) is 12.2. The van der Waals surface area contributed by atoms with Crippen LogP contribution in [-0.4, -0.2) is 0 Å². The van der Waals surface area contributed by atoms with E-state index in [9.17, 15) is 0 Å². The fourth-order valence-electron chi connectivity index (χ4n) is 1.94. The highest BCUT2D eigenvalue weighted by Crippen LogP contribution is 2.24. The van der Waals surface area contributed by atoms with Crippen molar-refractivity contribution < 1.29 is 0 Å². The molecular formula is C15H16ClN. The molecule has 2 N–H and O–H groups in total. The zero-order valence-corrected chi connectivity index (χ0v) is 10.8. The van der Waals surface area contributed by atoms with Crippen LogP contribution in [0.4, 0.5) is 0 Å². The minimum Gasteiger partial charge on any atom is -0.320 e. The summed E-state index contributed by atoms with van der Waals surface area (Å²) in [4.78, 5) is 0. The van der Waals surface area contributed by atoms with Crippen molar-refractivity contribution in [2.24, 2.45) is 5.73 Å². The minimum absolute atomic E-state index is 0.0906. The van der Waals surface area contributed by atoms with Gasteiger partial charge < -0.3 is 5.73 Å². The number of aryl methyl sites for hydroxylation is 2. The molecule has 0 aliphatic heterocycles. The van der Waals surface area contributed by atoms with E-state index < -0.39 is 0 Å². The molecule has 2 heteroatoms. The summed E-state index contributed by atoms with van der Waals surface area (Å²) in [6.07, 6.45) is 0. The molecule has 0 aliphatic rings. The molecule has 0 amide bonds. The molecule has 1 atom stereocenters. The first-order valence-corrected chi connectivity index (χ1v) is 6.04. The monoisotopic (exact) mass is 245 g/mol. The molecule has 0 heterocycles. The molecule has 0 aliphatic carbocycles. The average Bonchev–Trinajstić information content (AvgIpc) is 2.32. The van der Waals surface area contributed by atoms with Crippen molar-refractivity contribution >= 4 is 11.6 Å². The van der Waals surface area contributed by atoms with Gasteiger partial charge in [0.2, 0.25) is 0 Å². The zero-order valence-electron chi connectivity index (χ0n) is 10.1. The van der Waals surface area contributed by atoms with Crippen LogP contribution >= 0.6 is 11.6 Å². The SMILES string of the molecule is Cc1ccc(C)c(C(N)c2ccc(Cl)cc2)c1. The summed E-state index contributed by atoms with van der Waals surface area (Å²) in [6, 6.07) is 14.0. The van der Waals surface area contributed by atoms with Crippen LogP contribution in [0.15, 0.2) is 42.5 Å². The minimum atomic E-state index is -0.0906. The van der Waals surface area contributed by atoms with Crippen molar-refractivity contribution in [3.63, 3.8) is 0 Å². The summed E-state index contributed by atoms with van der Waals surface area (Å²) in [5, 5.41) is 0.738. The van der Waals surface area contributed by atoms with E-state index in [0.717, 1.165) is 10.6 Å². The summed E-state index contributed by atoms with van der Waals surface area (Å²) in [5.74, 6) is 0. The zero-order chi connectivity index (χ0) is 12.4. The Morgan fingerprint density at radius 1 is 1.00 bits per heavy atom. The summed E-state index contributed by atoms with van der Waals surface area (Å²) in [7, 11) is 0. The Balaban J connectivity index is 2.39. The van der Waals surface area contributed by atoms with Gasteiger partial charge in [-0.05, 0) is 42.7 Å². The average molecular weight is 246 g/mol. The van der Waals surface area contributed by atoms with Crippen molar-refractivity contribution in [2.75, 3.05) is 0 Å². The number of halogens is 1. The lowest BCUT2D eigenvalue weighted by Crippen LogP contribution is -2.13. The summed E-state index contributed by atoms with van der Waals surface area (Å²) in [5.41, 5.74) is 11.0. The number of benzene rings is 2. The number of hydrogen-bond donors (Lipinski definition) is 1. The van der Waals surface area contributed by atoms with Crippen molar-refractivity contribution in [1.29, 1.82) is 0 Å². The third-order valence-corrected chi connectivity index (χ3v) is 3.25. The summed E-state index contributed by atoms with van der Waals surface area (Å²) < 4.78 is 0. The van der Waals surface area contributed by atoms with Crippen LogP contribution in [-0.2, 0) is 0 Å². The second-order valence-corrected chi connectivity index (χ2v) is 4.83. The van der Waals surface area contributed by atoms with Gasteiger partial charge >= 0.3 is 0 Å². The molecule has 0 fully saturated rings. The molecule has 2 aromatic rings. The van der Waals surface area contributed by atoms with E-state index in [-0.39, 0.29) is 6.04 Å². The highest BCUT2D eigenvalue weighted by atomic mass is 35.5. The van der Waals surface area contributed by atoms with E-state index in [0.29, 0.717) is 0 Å². The molecule has 1 nitrogen and oxygen atoms in total. The Kier molecular flexibility index (Phi) is 3.51. The smallest absolute Gasteiger partial charge is 0.0554 e. The summed E-state index contributed by atoms with van der Waals surface area (Å²) >= 11 is 5.88. The van der Waals surface area contributed by atoms with Crippen molar-refractivity contribution in [2.45, 2.75) is 19.9 Å². The van der Waals surface area contributed by atoms with Gasteiger partial charge in [0.1, 0.15) is 0 Å². The van der Waals surface area contributed by atoms with E-state index in [1.54, 1.807) is 0 Å². The highest BCUT2D eigenvalue weighted by Gasteiger charge is 2.11. The maximum atomic E-state index is 6.29. The quantitative estimate of drug-likeness (QED) is 0.850. The molecular weight excluding hydrogens is 230 g/mol.